The van der Waals surface area contributed by atoms with Crippen LogP contribution in [0.4, 0.5) is 5.69 Å². The van der Waals surface area contributed by atoms with Crippen LogP contribution >= 0.6 is 0 Å². The molecule has 0 spiro atoms. The van der Waals surface area contributed by atoms with Gasteiger partial charge in [0.15, 0.2) is 0 Å². The first-order chi connectivity index (χ1) is 10.6. The molecule has 1 aromatic rings. The zero-order valence-electron chi connectivity index (χ0n) is 13.6. The maximum Gasteiger partial charge on any atom is 0.221 e. The predicted octanol–water partition coefficient (Wildman–Crippen LogP) is 0.636. The Labute approximate surface area is 132 Å². The summed E-state index contributed by atoms with van der Waals surface area (Å²) in [7, 11) is 4.21. The summed E-state index contributed by atoms with van der Waals surface area (Å²) >= 11 is 0. The summed E-state index contributed by atoms with van der Waals surface area (Å²) < 4.78 is 0. The van der Waals surface area contributed by atoms with E-state index in [1.807, 2.05) is 12.1 Å². The summed E-state index contributed by atoms with van der Waals surface area (Å²) in [5.74, 6) is 0.147. The quantitative estimate of drug-likeness (QED) is 0.724. The van der Waals surface area contributed by atoms with Gasteiger partial charge in [0.2, 0.25) is 5.91 Å². The van der Waals surface area contributed by atoms with E-state index in [1.54, 1.807) is 12.4 Å². The highest BCUT2D eigenvalue weighted by Crippen LogP contribution is 2.09. The molecule has 6 heteroatoms. The zero-order valence-corrected chi connectivity index (χ0v) is 13.6. The molecule has 2 N–H and O–H groups in total. The van der Waals surface area contributed by atoms with Crippen molar-refractivity contribution in [3.63, 3.8) is 0 Å². The fourth-order valence-electron chi connectivity index (χ4n) is 2.62. The Bertz CT molecular complexity index is 453. The number of amides is 1. The van der Waals surface area contributed by atoms with Gasteiger partial charge in [-0.1, -0.05) is 0 Å². The Kier molecular flexibility index (Phi) is 6.61. The van der Waals surface area contributed by atoms with Crippen LogP contribution in [0.2, 0.25) is 0 Å². The number of hydrogen-bond acceptors (Lipinski definition) is 5. The third-order valence-corrected chi connectivity index (χ3v) is 4.07. The molecular formula is C16H27N5O. The van der Waals surface area contributed by atoms with Crippen LogP contribution in [0.3, 0.4) is 0 Å². The SMILES string of the molecule is CN1CCN(C)[C@H](CC(=O)NCCCNc2cccnc2)C1. The molecule has 0 aromatic carbocycles. The lowest BCUT2D eigenvalue weighted by atomic mass is 10.1. The van der Waals surface area contributed by atoms with E-state index < -0.39 is 0 Å². The van der Waals surface area contributed by atoms with E-state index in [4.69, 9.17) is 0 Å². The average Bonchev–Trinajstić information content (AvgIpc) is 2.51. The minimum Gasteiger partial charge on any atom is -0.384 e. The molecule has 0 unspecified atom stereocenters. The maximum atomic E-state index is 12.0. The van der Waals surface area contributed by atoms with Crippen LogP contribution in [-0.4, -0.2) is 73.6 Å². The lowest BCUT2D eigenvalue weighted by molar-refractivity contribution is -0.122. The third kappa shape index (κ3) is 5.61. The van der Waals surface area contributed by atoms with Crippen LogP contribution in [0.5, 0.6) is 0 Å². The summed E-state index contributed by atoms with van der Waals surface area (Å²) in [4.78, 5) is 20.6. The Hall–Kier alpha value is -1.66. The van der Waals surface area contributed by atoms with Crippen molar-refractivity contribution in [3.05, 3.63) is 24.5 Å². The molecule has 0 saturated carbocycles. The Morgan fingerprint density at radius 1 is 1.36 bits per heavy atom. The molecule has 1 saturated heterocycles. The number of carbonyl (C=O) groups is 1. The topological polar surface area (TPSA) is 60.5 Å². The van der Waals surface area contributed by atoms with Crippen molar-refractivity contribution in [1.82, 2.24) is 20.1 Å². The smallest absolute Gasteiger partial charge is 0.221 e. The maximum absolute atomic E-state index is 12.0. The van der Waals surface area contributed by atoms with Crippen molar-refractivity contribution in [3.8, 4) is 0 Å². The molecule has 1 atom stereocenters. The molecule has 0 bridgehead atoms. The predicted molar refractivity (Wildman–Crippen MR) is 88.9 cm³/mol. The minimum absolute atomic E-state index is 0.147. The van der Waals surface area contributed by atoms with Crippen molar-refractivity contribution >= 4 is 11.6 Å². The number of anilines is 1. The van der Waals surface area contributed by atoms with Crippen molar-refractivity contribution in [2.45, 2.75) is 18.9 Å². The summed E-state index contributed by atoms with van der Waals surface area (Å²) in [5, 5.41) is 6.30. The molecule has 1 amide bonds. The first-order valence-corrected chi connectivity index (χ1v) is 7.94. The van der Waals surface area contributed by atoms with Gasteiger partial charge in [-0.2, -0.15) is 0 Å². The standard InChI is InChI=1S/C16H27N5O/c1-20-9-10-21(2)15(13-20)11-16(22)19-8-4-7-18-14-5-3-6-17-12-14/h3,5-6,12,15,18H,4,7-11,13H2,1-2H3,(H,19,22)/t15-/m1/s1. The van der Waals surface area contributed by atoms with Gasteiger partial charge in [0.1, 0.15) is 0 Å². The Balaban J connectivity index is 1.57. The van der Waals surface area contributed by atoms with E-state index in [0.29, 0.717) is 19.0 Å². The Morgan fingerprint density at radius 2 is 2.23 bits per heavy atom. The molecule has 1 aliphatic rings. The van der Waals surface area contributed by atoms with Crippen molar-refractivity contribution in [2.75, 3.05) is 52.1 Å². The van der Waals surface area contributed by atoms with Crippen LogP contribution < -0.4 is 10.6 Å². The number of aromatic nitrogens is 1. The number of pyridine rings is 1. The van der Waals surface area contributed by atoms with E-state index in [2.05, 4.69) is 39.5 Å². The molecule has 1 fully saturated rings. The van der Waals surface area contributed by atoms with Crippen molar-refractivity contribution in [1.29, 1.82) is 0 Å². The molecule has 122 valence electrons. The monoisotopic (exact) mass is 305 g/mol. The number of rotatable bonds is 7. The summed E-state index contributed by atoms with van der Waals surface area (Å²) in [6.07, 6.45) is 5.04. The van der Waals surface area contributed by atoms with E-state index >= 15 is 0 Å². The zero-order chi connectivity index (χ0) is 15.8. The van der Waals surface area contributed by atoms with Crippen LogP contribution in [0.25, 0.3) is 0 Å². The van der Waals surface area contributed by atoms with E-state index in [0.717, 1.165) is 38.3 Å². The Morgan fingerprint density at radius 3 is 3.00 bits per heavy atom. The van der Waals surface area contributed by atoms with Crippen LogP contribution in [-0.2, 0) is 4.79 Å². The minimum atomic E-state index is 0.147. The van der Waals surface area contributed by atoms with Gasteiger partial charge in [-0.25, -0.2) is 0 Å². The average molecular weight is 305 g/mol. The van der Waals surface area contributed by atoms with Crippen molar-refractivity contribution < 1.29 is 4.79 Å². The van der Waals surface area contributed by atoms with Crippen LogP contribution in [0.1, 0.15) is 12.8 Å². The molecule has 2 rings (SSSR count). The van der Waals surface area contributed by atoms with Crippen LogP contribution in [0.15, 0.2) is 24.5 Å². The summed E-state index contributed by atoms with van der Waals surface area (Å²) in [6, 6.07) is 4.22. The molecule has 6 nitrogen and oxygen atoms in total. The van der Waals surface area contributed by atoms with Gasteiger partial charge in [0.05, 0.1) is 5.69 Å². The van der Waals surface area contributed by atoms with Gasteiger partial charge in [-0.15, -0.1) is 0 Å². The molecular weight excluding hydrogens is 278 g/mol. The van der Waals surface area contributed by atoms with Gasteiger partial charge in [0, 0.05) is 57.6 Å². The number of hydrogen-bond donors (Lipinski definition) is 2. The molecule has 0 radical (unpaired) electrons. The van der Waals surface area contributed by atoms with Crippen molar-refractivity contribution in [2.24, 2.45) is 0 Å². The molecule has 2 heterocycles. The van der Waals surface area contributed by atoms with Crippen LogP contribution in [0, 0.1) is 0 Å². The number of nitrogens with one attached hydrogen (secondary N) is 2. The second-order valence-corrected chi connectivity index (χ2v) is 5.97. The second kappa shape index (κ2) is 8.70. The summed E-state index contributed by atoms with van der Waals surface area (Å²) in [6.45, 7) is 4.61. The number of nitrogens with zero attached hydrogens (tertiary/aromatic N) is 3. The van der Waals surface area contributed by atoms with E-state index in [-0.39, 0.29) is 5.91 Å². The largest absolute Gasteiger partial charge is 0.384 e. The highest BCUT2D eigenvalue weighted by Gasteiger charge is 2.24. The van der Waals surface area contributed by atoms with E-state index in [9.17, 15) is 4.79 Å². The number of likely N-dealkylation sites (N-methyl/N-ethyl adjacent to an activating group) is 2. The van der Waals surface area contributed by atoms with Gasteiger partial charge in [-0.05, 0) is 32.6 Å². The molecule has 22 heavy (non-hydrogen) atoms. The summed E-state index contributed by atoms with van der Waals surface area (Å²) in [5.41, 5.74) is 1.01. The third-order valence-electron chi connectivity index (χ3n) is 4.07. The first kappa shape index (κ1) is 16.7. The fraction of sp³-hybridized carbons (Fsp3) is 0.625. The number of carbonyl (C=O) groups excluding carboxylic acids is 1. The highest BCUT2D eigenvalue weighted by atomic mass is 16.1. The molecule has 1 aliphatic heterocycles. The number of piperazine rings is 1. The van der Waals surface area contributed by atoms with Gasteiger partial charge >= 0.3 is 0 Å². The van der Waals surface area contributed by atoms with Gasteiger partial charge in [-0.3, -0.25) is 9.78 Å². The fourth-order valence-corrected chi connectivity index (χ4v) is 2.62. The molecule has 1 aromatic heterocycles. The molecule has 0 aliphatic carbocycles. The van der Waals surface area contributed by atoms with Gasteiger partial charge in [0.25, 0.3) is 0 Å². The first-order valence-electron chi connectivity index (χ1n) is 7.94. The van der Waals surface area contributed by atoms with Gasteiger partial charge < -0.3 is 20.4 Å². The second-order valence-electron chi connectivity index (χ2n) is 5.97. The highest BCUT2D eigenvalue weighted by molar-refractivity contribution is 5.76. The lowest BCUT2D eigenvalue weighted by Gasteiger charge is -2.37. The van der Waals surface area contributed by atoms with E-state index in [1.165, 1.54) is 0 Å². The lowest BCUT2D eigenvalue weighted by Crippen LogP contribution is -2.51. The normalized spacial score (nSPS) is 19.8.